The SMILES string of the molecule is CC(C)C1CCc2c(S(=O)(=O)Nc3ccc(C#N)cc3F)c[nH]c2C1. The minimum Gasteiger partial charge on any atom is -0.363 e. The lowest BCUT2D eigenvalue weighted by Gasteiger charge is -2.25. The molecule has 25 heavy (non-hydrogen) atoms. The maximum atomic E-state index is 14.0. The van der Waals surface area contributed by atoms with Gasteiger partial charge in [-0.3, -0.25) is 4.72 Å². The van der Waals surface area contributed by atoms with Crippen LogP contribution in [0.4, 0.5) is 10.1 Å². The molecule has 132 valence electrons. The van der Waals surface area contributed by atoms with Crippen LogP contribution in [0.3, 0.4) is 0 Å². The number of nitrogens with one attached hydrogen (secondary N) is 2. The van der Waals surface area contributed by atoms with Gasteiger partial charge in [-0.05, 0) is 54.9 Å². The van der Waals surface area contributed by atoms with E-state index in [2.05, 4.69) is 23.6 Å². The number of nitriles is 1. The van der Waals surface area contributed by atoms with E-state index in [4.69, 9.17) is 5.26 Å². The Morgan fingerprint density at radius 1 is 1.40 bits per heavy atom. The average molecular weight is 361 g/mol. The van der Waals surface area contributed by atoms with Crippen LogP contribution >= 0.6 is 0 Å². The average Bonchev–Trinajstić information content (AvgIpc) is 3.00. The van der Waals surface area contributed by atoms with Crippen LogP contribution in [0, 0.1) is 29.0 Å². The number of aromatic amines is 1. The van der Waals surface area contributed by atoms with Crippen LogP contribution in [0.15, 0.2) is 29.3 Å². The van der Waals surface area contributed by atoms with E-state index in [1.165, 1.54) is 18.3 Å². The maximum Gasteiger partial charge on any atom is 0.263 e. The molecule has 0 aliphatic heterocycles. The van der Waals surface area contributed by atoms with Crippen molar-refractivity contribution in [1.29, 1.82) is 5.26 Å². The van der Waals surface area contributed by atoms with E-state index < -0.39 is 15.8 Å². The van der Waals surface area contributed by atoms with E-state index in [0.29, 0.717) is 18.3 Å². The molecular weight excluding hydrogens is 341 g/mol. The summed E-state index contributed by atoms with van der Waals surface area (Å²) in [6.45, 7) is 4.34. The Morgan fingerprint density at radius 2 is 2.16 bits per heavy atom. The monoisotopic (exact) mass is 361 g/mol. The number of aromatic nitrogens is 1. The summed E-state index contributed by atoms with van der Waals surface area (Å²) >= 11 is 0. The molecule has 1 atom stereocenters. The number of H-pyrrole nitrogens is 1. The number of nitrogens with zero attached hydrogens (tertiary/aromatic N) is 1. The normalized spacial score (nSPS) is 17.2. The molecule has 0 bridgehead atoms. The molecule has 0 fully saturated rings. The molecule has 2 aromatic rings. The summed E-state index contributed by atoms with van der Waals surface area (Å²) in [5.74, 6) is 0.305. The highest BCUT2D eigenvalue weighted by Crippen LogP contribution is 2.34. The van der Waals surface area contributed by atoms with Gasteiger partial charge in [-0.2, -0.15) is 5.26 Å². The topological polar surface area (TPSA) is 85.8 Å². The number of halogens is 1. The van der Waals surface area contributed by atoms with Gasteiger partial charge in [-0.15, -0.1) is 0 Å². The molecule has 1 unspecified atom stereocenters. The first kappa shape index (κ1) is 17.5. The Balaban J connectivity index is 1.89. The summed E-state index contributed by atoms with van der Waals surface area (Å²) < 4.78 is 41.7. The van der Waals surface area contributed by atoms with E-state index >= 15 is 0 Å². The maximum absolute atomic E-state index is 14.0. The Labute approximate surface area is 146 Å². The number of hydrogen-bond donors (Lipinski definition) is 2. The van der Waals surface area contributed by atoms with Crippen LogP contribution in [0.25, 0.3) is 0 Å². The lowest BCUT2D eigenvalue weighted by atomic mass is 9.81. The molecule has 3 rings (SSSR count). The molecule has 0 spiro atoms. The highest BCUT2D eigenvalue weighted by atomic mass is 32.2. The molecule has 2 N–H and O–H groups in total. The van der Waals surface area contributed by atoms with Crippen LogP contribution in [-0.4, -0.2) is 13.4 Å². The predicted molar refractivity (Wildman–Crippen MR) is 93.1 cm³/mol. The first-order chi connectivity index (χ1) is 11.8. The summed E-state index contributed by atoms with van der Waals surface area (Å²) in [4.78, 5) is 3.25. The molecular formula is C18H20FN3O2S. The standard InChI is InChI=1S/C18H20FN3O2S/c1-11(2)13-4-5-14-17(8-13)21-10-18(14)25(23,24)22-16-6-3-12(9-20)7-15(16)19/h3,6-7,10-11,13,21-22H,4-5,8H2,1-2H3. The highest BCUT2D eigenvalue weighted by molar-refractivity contribution is 7.92. The van der Waals surface area contributed by atoms with Crippen molar-refractivity contribution in [3.63, 3.8) is 0 Å². The number of sulfonamides is 1. The van der Waals surface area contributed by atoms with Gasteiger partial charge in [0.25, 0.3) is 10.0 Å². The third kappa shape index (κ3) is 3.40. The van der Waals surface area contributed by atoms with Crippen molar-refractivity contribution in [2.75, 3.05) is 4.72 Å². The second-order valence-corrected chi connectivity index (χ2v) is 8.42. The Kier molecular flexibility index (Phi) is 4.56. The van der Waals surface area contributed by atoms with Crippen LogP contribution in [-0.2, 0) is 22.9 Å². The molecule has 0 amide bonds. The molecule has 0 saturated heterocycles. The molecule has 1 aliphatic carbocycles. The van der Waals surface area contributed by atoms with E-state index in [0.717, 1.165) is 30.2 Å². The van der Waals surface area contributed by atoms with Gasteiger partial charge in [0, 0.05) is 11.9 Å². The van der Waals surface area contributed by atoms with Crippen molar-refractivity contribution >= 4 is 15.7 Å². The fourth-order valence-electron chi connectivity index (χ4n) is 3.30. The summed E-state index contributed by atoms with van der Waals surface area (Å²) in [5.41, 5.74) is 1.72. The van der Waals surface area contributed by atoms with Gasteiger partial charge in [-0.25, -0.2) is 12.8 Å². The van der Waals surface area contributed by atoms with Crippen molar-refractivity contribution in [1.82, 2.24) is 4.98 Å². The van der Waals surface area contributed by atoms with Crippen LogP contribution in [0.1, 0.15) is 37.1 Å². The first-order valence-corrected chi connectivity index (χ1v) is 9.71. The van der Waals surface area contributed by atoms with Crippen molar-refractivity contribution in [3.05, 3.63) is 47.0 Å². The second kappa shape index (κ2) is 6.52. The predicted octanol–water partition coefficient (Wildman–Crippen LogP) is 3.59. The van der Waals surface area contributed by atoms with Crippen LogP contribution in [0.5, 0.6) is 0 Å². The second-order valence-electron chi connectivity index (χ2n) is 6.77. The molecule has 0 radical (unpaired) electrons. The van der Waals surface area contributed by atoms with E-state index in [1.54, 1.807) is 0 Å². The minimum atomic E-state index is -3.90. The third-order valence-electron chi connectivity index (χ3n) is 4.85. The Morgan fingerprint density at radius 3 is 2.80 bits per heavy atom. The van der Waals surface area contributed by atoms with Gasteiger partial charge >= 0.3 is 0 Å². The number of rotatable bonds is 4. The van der Waals surface area contributed by atoms with Crippen LogP contribution in [0.2, 0.25) is 0 Å². The van der Waals surface area contributed by atoms with Crippen molar-refractivity contribution in [3.8, 4) is 6.07 Å². The van der Waals surface area contributed by atoms with E-state index in [-0.39, 0.29) is 16.1 Å². The third-order valence-corrected chi connectivity index (χ3v) is 6.28. The van der Waals surface area contributed by atoms with Crippen LogP contribution < -0.4 is 4.72 Å². The van der Waals surface area contributed by atoms with E-state index in [9.17, 15) is 12.8 Å². The molecule has 1 aliphatic rings. The zero-order valence-electron chi connectivity index (χ0n) is 14.1. The van der Waals surface area contributed by atoms with Gasteiger partial charge < -0.3 is 4.98 Å². The van der Waals surface area contributed by atoms with Gasteiger partial charge in [0.1, 0.15) is 10.7 Å². The van der Waals surface area contributed by atoms with E-state index in [1.807, 2.05) is 6.07 Å². The molecule has 1 aromatic heterocycles. The molecule has 7 heteroatoms. The molecule has 1 aromatic carbocycles. The van der Waals surface area contributed by atoms with Gasteiger partial charge in [0.2, 0.25) is 0 Å². The van der Waals surface area contributed by atoms with Gasteiger partial charge in [0.05, 0.1) is 17.3 Å². The number of hydrogen-bond acceptors (Lipinski definition) is 3. The number of anilines is 1. The summed E-state index contributed by atoms with van der Waals surface area (Å²) in [7, 11) is -3.90. The summed E-state index contributed by atoms with van der Waals surface area (Å²) in [6.07, 6.45) is 3.94. The molecule has 1 heterocycles. The highest BCUT2D eigenvalue weighted by Gasteiger charge is 2.29. The van der Waals surface area contributed by atoms with Gasteiger partial charge in [0.15, 0.2) is 0 Å². The fourth-order valence-corrected chi connectivity index (χ4v) is 4.63. The molecule has 5 nitrogen and oxygen atoms in total. The van der Waals surface area contributed by atoms with Crippen molar-refractivity contribution in [2.45, 2.75) is 38.0 Å². The zero-order chi connectivity index (χ0) is 18.2. The Hall–Kier alpha value is -2.33. The summed E-state index contributed by atoms with van der Waals surface area (Å²) in [5, 5.41) is 8.77. The van der Waals surface area contributed by atoms with Crippen molar-refractivity contribution < 1.29 is 12.8 Å². The number of benzene rings is 1. The lowest BCUT2D eigenvalue weighted by Crippen LogP contribution is -2.21. The largest absolute Gasteiger partial charge is 0.363 e. The van der Waals surface area contributed by atoms with Crippen molar-refractivity contribution in [2.24, 2.45) is 11.8 Å². The summed E-state index contributed by atoms with van der Waals surface area (Å²) in [6, 6.07) is 5.47. The quantitative estimate of drug-likeness (QED) is 0.873. The molecule has 0 saturated carbocycles. The first-order valence-electron chi connectivity index (χ1n) is 8.23. The Bertz CT molecular complexity index is 942. The lowest BCUT2D eigenvalue weighted by molar-refractivity contribution is 0.339. The zero-order valence-corrected chi connectivity index (χ0v) is 15.0. The minimum absolute atomic E-state index is 0.138. The smallest absolute Gasteiger partial charge is 0.263 e. The number of fused-ring (bicyclic) bond motifs is 1. The fraction of sp³-hybridized carbons (Fsp3) is 0.389. The van der Waals surface area contributed by atoms with Gasteiger partial charge in [-0.1, -0.05) is 13.8 Å².